The lowest BCUT2D eigenvalue weighted by Crippen LogP contribution is -2.14. The molecule has 0 saturated heterocycles. The van der Waals surface area contributed by atoms with Crippen LogP contribution in [0.1, 0.15) is 12.8 Å². The second-order valence-corrected chi connectivity index (χ2v) is 3.54. The summed E-state index contributed by atoms with van der Waals surface area (Å²) in [4.78, 5) is 25.6. The lowest BCUT2D eigenvalue weighted by Gasteiger charge is -2.05. The Bertz CT molecular complexity index is 429. The van der Waals surface area contributed by atoms with Gasteiger partial charge in [-0.15, -0.1) is 6.58 Å². The number of hydrogen-bond donors (Lipinski definition) is 3. The van der Waals surface area contributed by atoms with E-state index in [9.17, 15) is 9.59 Å². The van der Waals surface area contributed by atoms with Crippen LogP contribution >= 0.6 is 0 Å². The Hall–Kier alpha value is -2.37. The number of amides is 1. The highest BCUT2D eigenvalue weighted by Gasteiger charge is 2.06. The summed E-state index contributed by atoms with van der Waals surface area (Å²) >= 11 is 0. The van der Waals surface area contributed by atoms with Crippen LogP contribution in [0, 0.1) is 0 Å². The van der Waals surface area contributed by atoms with E-state index in [0.29, 0.717) is 12.4 Å². The van der Waals surface area contributed by atoms with Gasteiger partial charge in [0.05, 0.1) is 18.3 Å². The molecule has 0 aliphatic rings. The highest BCUT2D eigenvalue weighted by atomic mass is 16.4. The van der Waals surface area contributed by atoms with Crippen molar-refractivity contribution in [3.8, 4) is 0 Å². The van der Waals surface area contributed by atoms with Crippen molar-refractivity contribution in [1.82, 2.24) is 4.98 Å². The summed E-state index contributed by atoms with van der Waals surface area (Å²) in [5, 5.41) is 14.0. The Morgan fingerprint density at radius 2 is 2.17 bits per heavy atom. The molecule has 1 aromatic heterocycles. The van der Waals surface area contributed by atoms with Crippen LogP contribution < -0.4 is 10.6 Å². The van der Waals surface area contributed by atoms with E-state index in [0.717, 1.165) is 5.69 Å². The van der Waals surface area contributed by atoms with Crippen molar-refractivity contribution >= 4 is 23.4 Å². The zero-order chi connectivity index (χ0) is 13.4. The maximum atomic E-state index is 11.3. The first-order chi connectivity index (χ1) is 8.61. The van der Waals surface area contributed by atoms with Crippen molar-refractivity contribution in [1.29, 1.82) is 0 Å². The molecule has 0 aromatic carbocycles. The van der Waals surface area contributed by atoms with Gasteiger partial charge in [-0.05, 0) is 12.1 Å². The Labute approximate surface area is 105 Å². The number of anilines is 2. The topological polar surface area (TPSA) is 91.3 Å². The zero-order valence-electron chi connectivity index (χ0n) is 9.85. The molecule has 18 heavy (non-hydrogen) atoms. The van der Waals surface area contributed by atoms with Gasteiger partial charge in [0.15, 0.2) is 0 Å². The fourth-order valence-corrected chi connectivity index (χ4v) is 1.19. The Balaban J connectivity index is 2.45. The maximum absolute atomic E-state index is 11.3. The van der Waals surface area contributed by atoms with Crippen molar-refractivity contribution in [2.24, 2.45) is 0 Å². The highest BCUT2D eigenvalue weighted by Crippen LogP contribution is 2.09. The van der Waals surface area contributed by atoms with Crippen LogP contribution in [0.25, 0.3) is 0 Å². The predicted octanol–water partition coefficient (Wildman–Crippen LogP) is 1.48. The summed E-state index contributed by atoms with van der Waals surface area (Å²) in [5.74, 6) is -0.965. The van der Waals surface area contributed by atoms with Crippen molar-refractivity contribution in [2.45, 2.75) is 12.8 Å². The van der Waals surface area contributed by atoms with Crippen molar-refractivity contribution in [2.75, 3.05) is 17.2 Å². The number of carboxylic acids is 1. The molecule has 0 saturated carbocycles. The molecule has 0 fully saturated rings. The fraction of sp³-hybridized carbons (Fsp3) is 0.250. The van der Waals surface area contributed by atoms with E-state index in [-0.39, 0.29) is 18.7 Å². The van der Waals surface area contributed by atoms with Gasteiger partial charge in [-0.3, -0.25) is 9.59 Å². The van der Waals surface area contributed by atoms with Crippen molar-refractivity contribution in [3.63, 3.8) is 0 Å². The number of pyridine rings is 1. The summed E-state index contributed by atoms with van der Waals surface area (Å²) in [5.41, 5.74) is 0.818. The largest absolute Gasteiger partial charge is 0.481 e. The third-order valence-electron chi connectivity index (χ3n) is 2.05. The van der Waals surface area contributed by atoms with E-state index in [4.69, 9.17) is 5.11 Å². The SMILES string of the molecule is C=CCNc1ccc(NC(=O)CCC(=O)O)nc1. The number of aliphatic carboxylic acids is 1. The molecule has 3 N–H and O–H groups in total. The molecular weight excluding hydrogens is 234 g/mol. The molecule has 0 atom stereocenters. The maximum Gasteiger partial charge on any atom is 0.303 e. The number of carboxylic acid groups (broad SMARTS) is 1. The third-order valence-corrected chi connectivity index (χ3v) is 2.05. The molecule has 0 spiro atoms. The van der Waals surface area contributed by atoms with Crippen molar-refractivity contribution < 1.29 is 14.7 Å². The number of aromatic nitrogens is 1. The summed E-state index contributed by atoms with van der Waals surface area (Å²) in [6, 6.07) is 3.41. The number of nitrogens with one attached hydrogen (secondary N) is 2. The summed E-state index contributed by atoms with van der Waals surface area (Å²) in [6.07, 6.45) is 3.05. The molecule has 1 amide bonds. The monoisotopic (exact) mass is 249 g/mol. The minimum Gasteiger partial charge on any atom is -0.481 e. The average molecular weight is 249 g/mol. The predicted molar refractivity (Wildman–Crippen MR) is 68.4 cm³/mol. The smallest absolute Gasteiger partial charge is 0.303 e. The van der Waals surface area contributed by atoms with Crippen LogP contribution in [0.4, 0.5) is 11.5 Å². The second-order valence-electron chi connectivity index (χ2n) is 3.54. The fourth-order valence-electron chi connectivity index (χ4n) is 1.19. The van der Waals surface area contributed by atoms with Gasteiger partial charge in [0.1, 0.15) is 5.82 Å². The lowest BCUT2D eigenvalue weighted by atomic mass is 10.3. The molecule has 6 heteroatoms. The molecular formula is C12H15N3O3. The number of hydrogen-bond acceptors (Lipinski definition) is 4. The van der Waals surface area contributed by atoms with Crippen LogP contribution in [-0.2, 0) is 9.59 Å². The minimum atomic E-state index is -0.998. The van der Waals surface area contributed by atoms with Crippen LogP contribution in [-0.4, -0.2) is 28.5 Å². The molecule has 1 heterocycles. The molecule has 1 rings (SSSR count). The number of rotatable bonds is 7. The van der Waals surface area contributed by atoms with Crippen molar-refractivity contribution in [3.05, 3.63) is 31.0 Å². The summed E-state index contributed by atoms with van der Waals surface area (Å²) < 4.78 is 0. The quantitative estimate of drug-likeness (QED) is 0.637. The molecule has 0 unspecified atom stereocenters. The first kappa shape index (κ1) is 13.7. The van der Waals surface area contributed by atoms with Crippen LogP contribution in [0.15, 0.2) is 31.0 Å². The summed E-state index contributed by atoms with van der Waals surface area (Å²) in [6.45, 7) is 4.21. The third kappa shape index (κ3) is 5.11. The van der Waals surface area contributed by atoms with Gasteiger partial charge in [0.25, 0.3) is 0 Å². The molecule has 96 valence electrons. The van der Waals surface area contributed by atoms with Gasteiger partial charge in [0.2, 0.25) is 5.91 Å². The number of carbonyl (C=O) groups excluding carboxylic acids is 1. The molecule has 1 aromatic rings. The minimum absolute atomic E-state index is 0.0620. The lowest BCUT2D eigenvalue weighted by molar-refractivity contribution is -0.138. The molecule has 6 nitrogen and oxygen atoms in total. The Kier molecular flexibility index (Phi) is 5.37. The standard InChI is InChI=1S/C12H15N3O3/c1-2-7-13-9-3-4-10(14-8-9)15-11(16)5-6-12(17)18/h2-4,8,13H,1,5-7H2,(H,17,18)(H,14,15,16). The first-order valence-corrected chi connectivity index (χ1v) is 5.44. The van der Waals surface area contributed by atoms with Crippen LogP contribution in [0.3, 0.4) is 0 Å². The second kappa shape index (κ2) is 7.05. The van der Waals surface area contributed by atoms with E-state index in [1.165, 1.54) is 0 Å². The van der Waals surface area contributed by atoms with Gasteiger partial charge >= 0.3 is 5.97 Å². The molecule has 0 aliphatic carbocycles. The molecule has 0 aliphatic heterocycles. The van der Waals surface area contributed by atoms with Gasteiger partial charge in [-0.2, -0.15) is 0 Å². The van der Waals surface area contributed by atoms with Gasteiger partial charge in [0, 0.05) is 13.0 Å². The molecule has 0 bridgehead atoms. The van der Waals surface area contributed by atoms with Crippen LogP contribution in [0.2, 0.25) is 0 Å². The average Bonchev–Trinajstić information content (AvgIpc) is 2.35. The van der Waals surface area contributed by atoms with E-state index < -0.39 is 5.97 Å². The normalized spacial score (nSPS) is 9.56. The van der Waals surface area contributed by atoms with Gasteiger partial charge in [-0.25, -0.2) is 4.98 Å². The van der Waals surface area contributed by atoms with Gasteiger partial charge in [-0.1, -0.05) is 6.08 Å². The first-order valence-electron chi connectivity index (χ1n) is 5.44. The van der Waals surface area contributed by atoms with E-state index in [2.05, 4.69) is 22.2 Å². The molecule has 0 radical (unpaired) electrons. The Morgan fingerprint density at radius 1 is 1.39 bits per heavy atom. The Morgan fingerprint density at radius 3 is 2.72 bits per heavy atom. The number of carbonyl (C=O) groups is 2. The summed E-state index contributed by atoms with van der Waals surface area (Å²) in [7, 11) is 0. The van der Waals surface area contributed by atoms with Crippen LogP contribution in [0.5, 0.6) is 0 Å². The highest BCUT2D eigenvalue weighted by molar-refractivity contribution is 5.91. The van der Waals surface area contributed by atoms with E-state index in [1.54, 1.807) is 24.4 Å². The van der Waals surface area contributed by atoms with Gasteiger partial charge < -0.3 is 15.7 Å². The van der Waals surface area contributed by atoms with E-state index >= 15 is 0 Å². The van der Waals surface area contributed by atoms with E-state index in [1.807, 2.05) is 0 Å². The zero-order valence-corrected chi connectivity index (χ0v) is 9.85. The number of nitrogens with zero attached hydrogens (tertiary/aromatic N) is 1.